The van der Waals surface area contributed by atoms with Gasteiger partial charge in [-0.15, -0.1) is 0 Å². The normalized spacial score (nSPS) is 16.7. The van der Waals surface area contributed by atoms with Crippen molar-refractivity contribution in [2.45, 2.75) is 24.7 Å². The van der Waals surface area contributed by atoms with Crippen LogP contribution in [0.25, 0.3) is 0 Å². The summed E-state index contributed by atoms with van der Waals surface area (Å²) in [6, 6.07) is 10.3. The Morgan fingerprint density at radius 2 is 1.93 bits per heavy atom. The maximum Gasteiger partial charge on any atom is 0.268 e. The summed E-state index contributed by atoms with van der Waals surface area (Å²) in [5.74, 6) is 0.780. The highest BCUT2D eigenvalue weighted by Gasteiger charge is 2.33. The van der Waals surface area contributed by atoms with E-state index in [1.54, 1.807) is 29.2 Å². The topological polar surface area (TPSA) is 76.2 Å². The maximum atomic E-state index is 13.6. The van der Waals surface area contributed by atoms with E-state index in [1.165, 1.54) is 17.5 Å². The van der Waals surface area contributed by atoms with Crippen molar-refractivity contribution in [3.8, 4) is 11.5 Å². The van der Waals surface area contributed by atoms with Gasteiger partial charge in [-0.3, -0.25) is 9.10 Å². The molecule has 0 unspecified atom stereocenters. The van der Waals surface area contributed by atoms with Gasteiger partial charge < -0.3 is 14.4 Å². The van der Waals surface area contributed by atoms with Crippen LogP contribution >= 0.6 is 0 Å². The molecule has 1 fully saturated rings. The summed E-state index contributed by atoms with van der Waals surface area (Å²) in [5, 5.41) is 0. The Balaban J connectivity index is 1.82. The molecule has 1 saturated heterocycles. The van der Waals surface area contributed by atoms with Crippen molar-refractivity contribution < 1.29 is 22.7 Å². The number of fused-ring (bicyclic) bond motifs is 1. The summed E-state index contributed by atoms with van der Waals surface area (Å²) >= 11 is 0. The summed E-state index contributed by atoms with van der Waals surface area (Å²) in [6.07, 6.45) is 1.24. The number of hydrogen-bond donors (Lipinski definition) is 0. The number of carbonyl (C=O) groups excluding carboxylic acids is 1. The number of hydrogen-bond acceptors (Lipinski definition) is 5. The van der Waals surface area contributed by atoms with Gasteiger partial charge in [0.1, 0.15) is 23.0 Å². The fraction of sp³-hybridized carbons (Fsp3) is 0.350. The van der Waals surface area contributed by atoms with E-state index in [0.29, 0.717) is 30.1 Å². The van der Waals surface area contributed by atoms with E-state index in [4.69, 9.17) is 9.47 Å². The molecule has 148 valence electrons. The zero-order valence-electron chi connectivity index (χ0n) is 15.8. The SMILES string of the molecule is COc1ccc(N2CCCC2=O)cc1S(=O)(=O)N1CCOc2ccc(C)cc21. The monoisotopic (exact) mass is 402 g/mol. The van der Waals surface area contributed by atoms with Crippen LogP contribution in [-0.2, 0) is 14.8 Å². The first kappa shape index (κ1) is 18.6. The second kappa shape index (κ2) is 7.01. The molecule has 0 bridgehead atoms. The molecule has 2 aliphatic heterocycles. The summed E-state index contributed by atoms with van der Waals surface area (Å²) in [4.78, 5) is 13.8. The minimum absolute atomic E-state index is 0.000794. The summed E-state index contributed by atoms with van der Waals surface area (Å²) in [5.41, 5.74) is 2.02. The number of sulfonamides is 1. The summed E-state index contributed by atoms with van der Waals surface area (Å²) in [6.45, 7) is 2.96. The zero-order valence-corrected chi connectivity index (χ0v) is 16.7. The molecule has 0 aromatic heterocycles. The van der Waals surface area contributed by atoms with Crippen LogP contribution in [-0.4, -0.2) is 41.1 Å². The number of benzene rings is 2. The van der Waals surface area contributed by atoms with Gasteiger partial charge in [-0.25, -0.2) is 8.42 Å². The van der Waals surface area contributed by atoms with Crippen molar-refractivity contribution in [1.82, 2.24) is 0 Å². The van der Waals surface area contributed by atoms with Crippen molar-refractivity contribution in [3.63, 3.8) is 0 Å². The van der Waals surface area contributed by atoms with Crippen LogP contribution < -0.4 is 18.7 Å². The third kappa shape index (κ3) is 3.07. The van der Waals surface area contributed by atoms with Crippen molar-refractivity contribution in [2.75, 3.05) is 36.0 Å². The molecular formula is C20H22N2O5S. The quantitative estimate of drug-likeness (QED) is 0.786. The molecule has 0 spiro atoms. The number of amides is 1. The average molecular weight is 402 g/mol. The van der Waals surface area contributed by atoms with Gasteiger partial charge in [0, 0.05) is 18.7 Å². The minimum Gasteiger partial charge on any atom is -0.495 e. The summed E-state index contributed by atoms with van der Waals surface area (Å²) in [7, 11) is -2.48. The Morgan fingerprint density at radius 1 is 1.11 bits per heavy atom. The molecule has 1 amide bonds. The second-order valence-corrected chi connectivity index (χ2v) is 8.71. The minimum atomic E-state index is -3.91. The number of aryl methyl sites for hydroxylation is 1. The average Bonchev–Trinajstić information content (AvgIpc) is 3.12. The number of methoxy groups -OCH3 is 1. The molecule has 28 heavy (non-hydrogen) atoms. The van der Waals surface area contributed by atoms with Gasteiger partial charge >= 0.3 is 0 Å². The van der Waals surface area contributed by atoms with Gasteiger partial charge in [0.05, 0.1) is 19.3 Å². The standard InChI is InChI=1S/C20H22N2O5S/c1-14-5-7-17-16(12-14)22(10-11-27-17)28(24,25)19-13-15(6-8-18(19)26-2)21-9-3-4-20(21)23/h5-8,12-13H,3-4,9-11H2,1-2H3. The van der Waals surface area contributed by atoms with Crippen LogP contribution in [0.2, 0.25) is 0 Å². The van der Waals surface area contributed by atoms with Crippen LogP contribution in [0.4, 0.5) is 11.4 Å². The van der Waals surface area contributed by atoms with E-state index in [1.807, 2.05) is 13.0 Å². The highest BCUT2D eigenvalue weighted by atomic mass is 32.2. The molecule has 2 heterocycles. The van der Waals surface area contributed by atoms with Gasteiger partial charge in [0.2, 0.25) is 5.91 Å². The van der Waals surface area contributed by atoms with Gasteiger partial charge in [0.15, 0.2) is 0 Å². The van der Waals surface area contributed by atoms with Crippen LogP contribution in [0, 0.1) is 6.92 Å². The number of nitrogens with zero attached hydrogens (tertiary/aromatic N) is 2. The van der Waals surface area contributed by atoms with E-state index in [2.05, 4.69) is 0 Å². The lowest BCUT2D eigenvalue weighted by molar-refractivity contribution is -0.117. The first-order valence-electron chi connectivity index (χ1n) is 9.16. The van der Waals surface area contributed by atoms with Crippen LogP contribution in [0.15, 0.2) is 41.3 Å². The molecule has 0 aliphatic carbocycles. The maximum absolute atomic E-state index is 13.6. The first-order valence-corrected chi connectivity index (χ1v) is 10.6. The van der Waals surface area contributed by atoms with Gasteiger partial charge in [0.25, 0.3) is 10.0 Å². The van der Waals surface area contributed by atoms with Crippen LogP contribution in [0.5, 0.6) is 11.5 Å². The molecule has 0 radical (unpaired) electrons. The molecular weight excluding hydrogens is 380 g/mol. The zero-order chi connectivity index (χ0) is 19.9. The van der Waals surface area contributed by atoms with Crippen molar-refractivity contribution in [3.05, 3.63) is 42.0 Å². The fourth-order valence-corrected chi connectivity index (χ4v) is 5.26. The predicted molar refractivity (Wildman–Crippen MR) is 106 cm³/mol. The number of anilines is 2. The Hall–Kier alpha value is -2.74. The van der Waals surface area contributed by atoms with E-state index in [0.717, 1.165) is 12.0 Å². The number of carbonyl (C=O) groups is 1. The van der Waals surface area contributed by atoms with Crippen molar-refractivity contribution in [1.29, 1.82) is 0 Å². The smallest absolute Gasteiger partial charge is 0.268 e. The van der Waals surface area contributed by atoms with E-state index in [-0.39, 0.29) is 29.7 Å². The number of ether oxygens (including phenoxy) is 2. The lowest BCUT2D eigenvalue weighted by Gasteiger charge is -2.31. The van der Waals surface area contributed by atoms with Gasteiger partial charge in [-0.05, 0) is 49.2 Å². The van der Waals surface area contributed by atoms with Gasteiger partial charge in [-0.2, -0.15) is 0 Å². The first-order chi connectivity index (χ1) is 13.4. The second-order valence-electron chi connectivity index (χ2n) is 6.88. The van der Waals surface area contributed by atoms with E-state index < -0.39 is 10.0 Å². The Labute approximate surface area is 164 Å². The molecule has 2 aromatic rings. The van der Waals surface area contributed by atoms with Crippen LogP contribution in [0.1, 0.15) is 18.4 Å². The Morgan fingerprint density at radius 3 is 2.64 bits per heavy atom. The fourth-order valence-electron chi connectivity index (χ4n) is 3.63. The van der Waals surface area contributed by atoms with Gasteiger partial charge in [-0.1, -0.05) is 6.07 Å². The predicted octanol–water partition coefficient (Wildman–Crippen LogP) is 2.72. The van der Waals surface area contributed by atoms with E-state index >= 15 is 0 Å². The lowest BCUT2D eigenvalue weighted by atomic mass is 10.2. The van der Waals surface area contributed by atoms with E-state index in [9.17, 15) is 13.2 Å². The molecule has 4 rings (SSSR count). The Bertz CT molecular complexity index is 1030. The summed E-state index contributed by atoms with van der Waals surface area (Å²) < 4.78 is 39.5. The Kier molecular flexibility index (Phi) is 4.66. The molecule has 2 aromatic carbocycles. The van der Waals surface area contributed by atoms with Crippen molar-refractivity contribution in [2.24, 2.45) is 0 Å². The third-order valence-electron chi connectivity index (χ3n) is 5.04. The van der Waals surface area contributed by atoms with Crippen LogP contribution in [0.3, 0.4) is 0 Å². The molecule has 8 heteroatoms. The highest BCUT2D eigenvalue weighted by molar-refractivity contribution is 7.93. The number of rotatable bonds is 4. The lowest BCUT2D eigenvalue weighted by Crippen LogP contribution is -2.38. The highest BCUT2D eigenvalue weighted by Crippen LogP contribution is 2.39. The third-order valence-corrected chi connectivity index (χ3v) is 6.87. The molecule has 7 nitrogen and oxygen atoms in total. The largest absolute Gasteiger partial charge is 0.495 e. The van der Waals surface area contributed by atoms with Crippen molar-refractivity contribution >= 4 is 27.3 Å². The molecule has 0 atom stereocenters. The molecule has 0 N–H and O–H groups in total. The molecule has 0 saturated carbocycles. The molecule has 2 aliphatic rings.